The van der Waals surface area contributed by atoms with Crippen molar-refractivity contribution in [3.8, 4) is 51.5 Å². The second kappa shape index (κ2) is 11.9. The van der Waals surface area contributed by atoms with Gasteiger partial charge in [-0.05, 0) is 93.5 Å². The Morgan fingerprint density at radius 2 is 0.973 bits per heavy atom. The van der Waals surface area contributed by atoms with E-state index in [9.17, 15) is 4.39 Å². The van der Waals surface area contributed by atoms with E-state index in [2.05, 4.69) is 74.7 Å². The average molecular weight is 597 g/mol. The lowest BCUT2D eigenvalue weighted by Gasteiger charge is -2.09. The van der Waals surface area contributed by atoms with Gasteiger partial charge in [-0.2, -0.15) is 0 Å². The molecular weight excluding hydrogens is 572 g/mol. The fourth-order valence-electron chi connectivity index (χ4n) is 4.71. The summed E-state index contributed by atoms with van der Waals surface area (Å²) in [6, 6.07) is 15.8. The van der Waals surface area contributed by atoms with Crippen LogP contribution in [0.3, 0.4) is 0 Å². The van der Waals surface area contributed by atoms with E-state index in [1.807, 2.05) is 68.0 Å². The van der Waals surface area contributed by atoms with Crippen LogP contribution in [0.5, 0.6) is 0 Å². The fraction of sp³-hybridized carbons (Fsp3) is 0.200. The summed E-state index contributed by atoms with van der Waals surface area (Å²) < 4.78 is 12.5. The largest absolute Gasteiger partial charge is 0.251 e. The van der Waals surface area contributed by atoms with Gasteiger partial charge in [0.1, 0.15) is 0 Å². The molecule has 0 fully saturated rings. The molecule has 0 aromatic carbocycles. The van der Waals surface area contributed by atoms with Crippen LogP contribution in [-0.4, -0.2) is 6.67 Å². The van der Waals surface area contributed by atoms with Crippen molar-refractivity contribution in [3.63, 3.8) is 0 Å². The molecule has 0 aliphatic carbocycles. The predicted molar refractivity (Wildman–Crippen MR) is 169 cm³/mol. The van der Waals surface area contributed by atoms with Crippen molar-refractivity contribution in [2.75, 3.05) is 6.67 Å². The molecule has 188 valence electrons. The van der Waals surface area contributed by atoms with Gasteiger partial charge in [0.05, 0.1) is 11.6 Å². The Kier molecular flexibility index (Phi) is 8.17. The second-order valence-electron chi connectivity index (χ2n) is 8.76. The first-order chi connectivity index (χ1) is 18.3. The zero-order valence-corrected chi connectivity index (χ0v) is 25.0. The maximum Gasteiger partial charge on any atom is 0.0894 e. The third kappa shape index (κ3) is 5.22. The zero-order chi connectivity index (χ0) is 25.0. The molecule has 0 unspecified atom stereocenters. The molecular formula is C30H25FS6. The molecule has 7 heteroatoms. The number of hydrogen-bond acceptors (Lipinski definition) is 6. The number of unbranched alkanes of at least 4 members (excludes halogenated alkanes) is 3. The van der Waals surface area contributed by atoms with Crippen molar-refractivity contribution in [1.82, 2.24) is 0 Å². The van der Waals surface area contributed by atoms with E-state index in [4.69, 9.17) is 0 Å². The smallest absolute Gasteiger partial charge is 0.0894 e. The molecule has 0 N–H and O–H groups in total. The molecule has 0 amide bonds. The van der Waals surface area contributed by atoms with E-state index in [0.29, 0.717) is 6.42 Å². The Bertz CT molecular complexity index is 1550. The second-order valence-corrected chi connectivity index (χ2v) is 14.3. The monoisotopic (exact) mass is 596 g/mol. The number of aryl methyl sites for hydroxylation is 1. The highest BCUT2D eigenvalue weighted by atomic mass is 32.1. The van der Waals surface area contributed by atoms with E-state index in [1.165, 1.54) is 57.1 Å². The lowest BCUT2D eigenvalue weighted by atomic mass is 10.0. The van der Waals surface area contributed by atoms with Crippen LogP contribution < -0.4 is 0 Å². The van der Waals surface area contributed by atoms with E-state index in [1.54, 1.807) is 0 Å². The first-order valence-corrected chi connectivity index (χ1v) is 17.6. The topological polar surface area (TPSA) is 0 Å². The number of alkyl halides is 1. The van der Waals surface area contributed by atoms with Crippen molar-refractivity contribution in [3.05, 3.63) is 80.3 Å². The van der Waals surface area contributed by atoms with Gasteiger partial charge in [-0.25, -0.2) is 0 Å². The summed E-state index contributed by atoms with van der Waals surface area (Å²) in [6.07, 6.45) is 4.96. The Balaban J connectivity index is 1.33. The van der Waals surface area contributed by atoms with Crippen LogP contribution in [-0.2, 0) is 6.42 Å². The summed E-state index contributed by atoms with van der Waals surface area (Å²) >= 11 is 11.0. The summed E-state index contributed by atoms with van der Waals surface area (Å²) in [4.78, 5) is 8.17. The molecule has 0 nitrogen and oxygen atoms in total. The number of halogens is 1. The van der Waals surface area contributed by atoms with Crippen LogP contribution >= 0.6 is 68.0 Å². The summed E-state index contributed by atoms with van der Waals surface area (Å²) in [7, 11) is 0. The zero-order valence-electron chi connectivity index (χ0n) is 20.1. The maximum absolute atomic E-state index is 12.5. The molecule has 0 atom stereocenters. The highest BCUT2D eigenvalue weighted by Crippen LogP contribution is 2.51. The minimum absolute atomic E-state index is 0.196. The van der Waals surface area contributed by atoms with Crippen molar-refractivity contribution < 1.29 is 4.39 Å². The molecule has 37 heavy (non-hydrogen) atoms. The third-order valence-corrected chi connectivity index (χ3v) is 12.3. The molecule has 0 radical (unpaired) electrons. The molecule has 0 saturated heterocycles. The van der Waals surface area contributed by atoms with Gasteiger partial charge in [0, 0.05) is 46.6 Å². The molecule has 0 aliphatic heterocycles. The minimum Gasteiger partial charge on any atom is -0.251 e. The van der Waals surface area contributed by atoms with Gasteiger partial charge in [0.2, 0.25) is 0 Å². The summed E-state index contributed by atoms with van der Waals surface area (Å²) in [5, 5.41) is 13.3. The Morgan fingerprint density at radius 1 is 0.459 bits per heavy atom. The van der Waals surface area contributed by atoms with Gasteiger partial charge in [0.15, 0.2) is 0 Å². The van der Waals surface area contributed by atoms with Gasteiger partial charge >= 0.3 is 0 Å². The lowest BCUT2D eigenvalue weighted by molar-refractivity contribution is 0.453. The first kappa shape index (κ1) is 25.4. The normalized spacial score (nSPS) is 11.5. The number of hydrogen-bond donors (Lipinski definition) is 0. The van der Waals surface area contributed by atoms with Crippen molar-refractivity contribution >= 4 is 68.0 Å². The van der Waals surface area contributed by atoms with Crippen molar-refractivity contribution in [1.29, 1.82) is 0 Å². The highest BCUT2D eigenvalue weighted by Gasteiger charge is 2.22. The molecule has 6 heterocycles. The van der Waals surface area contributed by atoms with Crippen LogP contribution in [0.4, 0.5) is 4.39 Å². The Labute approximate surface area is 241 Å². The van der Waals surface area contributed by atoms with Crippen molar-refractivity contribution in [2.45, 2.75) is 32.1 Å². The van der Waals surface area contributed by atoms with Crippen LogP contribution in [0.25, 0.3) is 51.5 Å². The van der Waals surface area contributed by atoms with E-state index < -0.39 is 0 Å². The SMILES string of the molecule is FCCCCCCc1ccsc1-c1ccsc1-c1ccsc1-c1ccsc1-c1ccsc1-c1cccs1. The molecule has 0 saturated carbocycles. The number of thiophene rings is 6. The molecule has 6 aromatic heterocycles. The Morgan fingerprint density at radius 3 is 1.57 bits per heavy atom. The van der Waals surface area contributed by atoms with Gasteiger partial charge in [-0.1, -0.05) is 18.9 Å². The molecule has 6 aromatic rings. The minimum atomic E-state index is -0.196. The third-order valence-electron chi connectivity index (χ3n) is 6.46. The van der Waals surface area contributed by atoms with E-state index in [-0.39, 0.29) is 6.67 Å². The predicted octanol–water partition coefficient (Wildman–Crippen LogP) is 12.5. The van der Waals surface area contributed by atoms with E-state index in [0.717, 1.165) is 25.7 Å². The molecule has 0 spiro atoms. The van der Waals surface area contributed by atoms with Crippen LogP contribution in [0, 0.1) is 0 Å². The van der Waals surface area contributed by atoms with Gasteiger partial charge in [-0.3, -0.25) is 4.39 Å². The van der Waals surface area contributed by atoms with Gasteiger partial charge in [-0.15, -0.1) is 68.0 Å². The van der Waals surface area contributed by atoms with Crippen LogP contribution in [0.2, 0.25) is 0 Å². The number of rotatable bonds is 11. The quantitative estimate of drug-likeness (QED) is 0.131. The fourth-order valence-corrected chi connectivity index (χ4v) is 10.5. The first-order valence-electron chi connectivity index (χ1n) is 12.3. The summed E-state index contributed by atoms with van der Waals surface area (Å²) in [5.41, 5.74) is 6.80. The summed E-state index contributed by atoms with van der Waals surface area (Å²) in [5.74, 6) is 0. The maximum atomic E-state index is 12.5. The lowest BCUT2D eigenvalue weighted by Crippen LogP contribution is -1.88. The molecule has 6 rings (SSSR count). The van der Waals surface area contributed by atoms with Gasteiger partial charge in [0.25, 0.3) is 0 Å². The molecule has 0 aliphatic rings. The Hall–Kier alpha value is -1.87. The van der Waals surface area contributed by atoms with E-state index >= 15 is 0 Å². The van der Waals surface area contributed by atoms with Crippen LogP contribution in [0.15, 0.2) is 74.7 Å². The van der Waals surface area contributed by atoms with Gasteiger partial charge < -0.3 is 0 Å². The van der Waals surface area contributed by atoms with Crippen LogP contribution in [0.1, 0.15) is 31.2 Å². The molecule has 0 bridgehead atoms. The average Bonchev–Trinajstić information content (AvgIpc) is 3.74. The summed E-state index contributed by atoms with van der Waals surface area (Å²) in [6.45, 7) is -0.196. The standard InChI is InChI=1S/C30H25FS6/c31-13-4-2-1-3-6-20-8-15-33-26(20)21-9-16-34-27(21)22-10-17-35-28(22)23-11-18-36-29(23)24-12-19-37-30(24)25-7-5-14-32-25/h5,7-12,14-19H,1-4,6,13H2. The highest BCUT2D eigenvalue weighted by molar-refractivity contribution is 7.22. The van der Waals surface area contributed by atoms with Crippen molar-refractivity contribution in [2.24, 2.45) is 0 Å².